The van der Waals surface area contributed by atoms with Crippen LogP contribution in [0.4, 0.5) is 0 Å². The van der Waals surface area contributed by atoms with E-state index in [0.717, 1.165) is 19.0 Å². The number of hydrogen-bond donors (Lipinski definition) is 1. The molecule has 0 bridgehead atoms. The molecule has 2 nitrogen and oxygen atoms in total. The van der Waals surface area contributed by atoms with Crippen molar-refractivity contribution in [2.24, 2.45) is 5.73 Å². The molecule has 2 heteroatoms. The fourth-order valence-electron chi connectivity index (χ4n) is 4.18. The summed E-state index contributed by atoms with van der Waals surface area (Å²) in [6.07, 6.45) is 8.15. The van der Waals surface area contributed by atoms with E-state index in [1.54, 1.807) is 0 Å². The van der Waals surface area contributed by atoms with Gasteiger partial charge < -0.3 is 5.73 Å². The van der Waals surface area contributed by atoms with Crippen molar-refractivity contribution in [3.8, 4) is 0 Å². The van der Waals surface area contributed by atoms with Gasteiger partial charge in [0.2, 0.25) is 0 Å². The van der Waals surface area contributed by atoms with Crippen LogP contribution in [0.25, 0.3) is 0 Å². The quantitative estimate of drug-likeness (QED) is 0.897. The third kappa shape index (κ3) is 3.49. The molecule has 2 atom stereocenters. The van der Waals surface area contributed by atoms with Gasteiger partial charge in [-0.3, -0.25) is 4.90 Å². The Balaban J connectivity index is 1.74. The molecule has 116 valence electrons. The molecule has 0 radical (unpaired) electrons. The minimum absolute atomic E-state index is 0.340. The van der Waals surface area contributed by atoms with Crippen LogP contribution in [0.1, 0.15) is 61.1 Å². The summed E-state index contributed by atoms with van der Waals surface area (Å²) in [7, 11) is 0. The molecule has 21 heavy (non-hydrogen) atoms. The Morgan fingerprint density at radius 1 is 1.00 bits per heavy atom. The van der Waals surface area contributed by atoms with Crippen molar-refractivity contribution in [2.45, 2.75) is 70.4 Å². The Kier molecular flexibility index (Phi) is 4.66. The van der Waals surface area contributed by atoms with Gasteiger partial charge in [-0.05, 0) is 55.7 Å². The van der Waals surface area contributed by atoms with Crippen LogP contribution in [0.2, 0.25) is 0 Å². The number of aryl methyl sites for hydroxylation is 2. The van der Waals surface area contributed by atoms with Gasteiger partial charge in [-0.15, -0.1) is 0 Å². The van der Waals surface area contributed by atoms with Gasteiger partial charge in [0.1, 0.15) is 0 Å². The highest BCUT2D eigenvalue weighted by atomic mass is 15.2. The zero-order valence-corrected chi connectivity index (χ0v) is 13.6. The van der Waals surface area contributed by atoms with Crippen molar-refractivity contribution in [3.05, 3.63) is 34.9 Å². The second-order valence-electron chi connectivity index (χ2n) is 7.28. The number of hydrogen-bond acceptors (Lipinski definition) is 2. The summed E-state index contributed by atoms with van der Waals surface area (Å²) >= 11 is 0. The molecule has 0 aromatic heterocycles. The second kappa shape index (κ2) is 6.50. The number of rotatable bonds is 2. The third-order valence-electron chi connectivity index (χ3n) is 5.60. The molecule has 2 aliphatic rings. The lowest BCUT2D eigenvalue weighted by atomic mass is 9.84. The van der Waals surface area contributed by atoms with Gasteiger partial charge in [-0.1, -0.05) is 37.5 Å². The van der Waals surface area contributed by atoms with E-state index in [2.05, 4.69) is 36.9 Å². The summed E-state index contributed by atoms with van der Waals surface area (Å²) in [5.74, 6) is 0.620. The Labute approximate surface area is 129 Å². The van der Waals surface area contributed by atoms with Crippen molar-refractivity contribution in [3.63, 3.8) is 0 Å². The normalized spacial score (nSPS) is 28.7. The predicted octanol–water partition coefficient (Wildman–Crippen LogP) is 3.75. The van der Waals surface area contributed by atoms with Gasteiger partial charge >= 0.3 is 0 Å². The molecule has 1 aliphatic heterocycles. The van der Waals surface area contributed by atoms with Gasteiger partial charge in [-0.2, -0.15) is 0 Å². The zero-order chi connectivity index (χ0) is 14.8. The van der Waals surface area contributed by atoms with Crippen LogP contribution in [0, 0.1) is 13.8 Å². The lowest BCUT2D eigenvalue weighted by Gasteiger charge is -2.42. The second-order valence-corrected chi connectivity index (χ2v) is 7.28. The van der Waals surface area contributed by atoms with Crippen LogP contribution in [-0.2, 0) is 0 Å². The van der Waals surface area contributed by atoms with Gasteiger partial charge in [0.15, 0.2) is 0 Å². The van der Waals surface area contributed by atoms with E-state index in [1.165, 1.54) is 55.3 Å². The molecule has 1 aliphatic carbocycles. The van der Waals surface area contributed by atoms with Crippen LogP contribution in [0.5, 0.6) is 0 Å². The molecule has 1 aromatic carbocycles. The van der Waals surface area contributed by atoms with E-state index in [4.69, 9.17) is 5.73 Å². The highest BCUT2D eigenvalue weighted by Gasteiger charge is 2.31. The molecular formula is C19H30N2. The van der Waals surface area contributed by atoms with E-state index in [-0.39, 0.29) is 0 Å². The SMILES string of the molecule is Cc1ccc(C2CC(N)CN(C3CCCCC3)C2)cc1C. The minimum atomic E-state index is 0.340. The molecule has 1 aromatic rings. The fourth-order valence-corrected chi connectivity index (χ4v) is 4.18. The monoisotopic (exact) mass is 286 g/mol. The molecular weight excluding hydrogens is 256 g/mol. The number of likely N-dealkylation sites (tertiary alicyclic amines) is 1. The van der Waals surface area contributed by atoms with Crippen LogP contribution in [0.3, 0.4) is 0 Å². The zero-order valence-electron chi connectivity index (χ0n) is 13.6. The number of piperidine rings is 1. The van der Waals surface area contributed by atoms with Gasteiger partial charge in [0, 0.05) is 25.2 Å². The summed E-state index contributed by atoms with van der Waals surface area (Å²) in [5, 5.41) is 0. The van der Waals surface area contributed by atoms with Gasteiger partial charge in [0.25, 0.3) is 0 Å². The first-order chi connectivity index (χ1) is 10.1. The Morgan fingerprint density at radius 2 is 1.76 bits per heavy atom. The van der Waals surface area contributed by atoms with E-state index < -0.39 is 0 Å². The number of nitrogens with two attached hydrogens (primary N) is 1. The van der Waals surface area contributed by atoms with Crippen molar-refractivity contribution >= 4 is 0 Å². The Morgan fingerprint density at radius 3 is 2.48 bits per heavy atom. The first-order valence-corrected chi connectivity index (χ1v) is 8.70. The van der Waals surface area contributed by atoms with E-state index in [1.807, 2.05) is 0 Å². The smallest absolute Gasteiger partial charge is 0.0174 e. The van der Waals surface area contributed by atoms with E-state index in [9.17, 15) is 0 Å². The van der Waals surface area contributed by atoms with Crippen molar-refractivity contribution < 1.29 is 0 Å². The third-order valence-corrected chi connectivity index (χ3v) is 5.60. The van der Waals surface area contributed by atoms with Crippen LogP contribution in [0.15, 0.2) is 18.2 Å². The maximum atomic E-state index is 6.39. The molecule has 1 heterocycles. The fraction of sp³-hybridized carbons (Fsp3) is 0.684. The summed E-state index contributed by atoms with van der Waals surface area (Å²) in [6.45, 7) is 6.73. The predicted molar refractivity (Wildman–Crippen MR) is 89.7 cm³/mol. The number of nitrogens with zero attached hydrogens (tertiary/aromatic N) is 1. The largest absolute Gasteiger partial charge is 0.327 e. The average Bonchev–Trinajstić information content (AvgIpc) is 2.50. The molecule has 0 amide bonds. The highest BCUT2D eigenvalue weighted by molar-refractivity contribution is 5.32. The lowest BCUT2D eigenvalue weighted by molar-refractivity contribution is 0.107. The van der Waals surface area contributed by atoms with E-state index >= 15 is 0 Å². The summed E-state index contributed by atoms with van der Waals surface area (Å²) in [5.41, 5.74) is 10.7. The van der Waals surface area contributed by atoms with E-state index in [0.29, 0.717) is 12.0 Å². The van der Waals surface area contributed by atoms with Crippen LogP contribution >= 0.6 is 0 Å². The number of benzene rings is 1. The molecule has 0 spiro atoms. The van der Waals surface area contributed by atoms with Crippen molar-refractivity contribution in [2.75, 3.05) is 13.1 Å². The van der Waals surface area contributed by atoms with Gasteiger partial charge in [-0.25, -0.2) is 0 Å². The summed E-state index contributed by atoms with van der Waals surface area (Å²) in [6, 6.07) is 8.11. The Hall–Kier alpha value is -0.860. The molecule has 3 rings (SSSR count). The van der Waals surface area contributed by atoms with Gasteiger partial charge in [0.05, 0.1) is 0 Å². The van der Waals surface area contributed by atoms with Crippen LogP contribution in [-0.4, -0.2) is 30.1 Å². The lowest BCUT2D eigenvalue weighted by Crippen LogP contribution is -2.50. The first kappa shape index (κ1) is 15.1. The summed E-state index contributed by atoms with van der Waals surface area (Å²) in [4.78, 5) is 2.70. The first-order valence-electron chi connectivity index (χ1n) is 8.70. The average molecular weight is 286 g/mol. The molecule has 2 N–H and O–H groups in total. The molecule has 2 fully saturated rings. The maximum Gasteiger partial charge on any atom is 0.0174 e. The van der Waals surface area contributed by atoms with Crippen molar-refractivity contribution in [1.82, 2.24) is 4.90 Å². The van der Waals surface area contributed by atoms with Crippen LogP contribution < -0.4 is 5.73 Å². The molecule has 1 saturated carbocycles. The molecule has 1 saturated heterocycles. The summed E-state index contributed by atoms with van der Waals surface area (Å²) < 4.78 is 0. The highest BCUT2D eigenvalue weighted by Crippen LogP contribution is 2.32. The topological polar surface area (TPSA) is 29.3 Å². The minimum Gasteiger partial charge on any atom is -0.327 e. The Bertz CT molecular complexity index is 476. The standard InChI is InChI=1S/C19H30N2/c1-14-8-9-16(10-15(14)2)17-11-18(20)13-21(12-17)19-6-4-3-5-7-19/h8-10,17-19H,3-7,11-13,20H2,1-2H3. The van der Waals surface area contributed by atoms with Crippen molar-refractivity contribution in [1.29, 1.82) is 0 Å². The maximum absolute atomic E-state index is 6.39. The molecule has 2 unspecified atom stereocenters.